The van der Waals surface area contributed by atoms with Crippen LogP contribution in [0.3, 0.4) is 0 Å². The maximum atomic E-state index is 14.3. The summed E-state index contributed by atoms with van der Waals surface area (Å²) in [7, 11) is -4.25. The van der Waals surface area contributed by atoms with Gasteiger partial charge < -0.3 is 10.1 Å². The Labute approximate surface area is 167 Å². The quantitative estimate of drug-likeness (QED) is 0.690. The Hall–Kier alpha value is -1.95. The van der Waals surface area contributed by atoms with Gasteiger partial charge in [-0.25, -0.2) is 26.3 Å². The molecule has 0 radical (unpaired) electrons. The number of hydrogen-bond acceptors (Lipinski definition) is 4. The van der Waals surface area contributed by atoms with Crippen molar-refractivity contribution < 1.29 is 31.1 Å². The molecule has 0 aliphatic carbocycles. The number of hydrogen-bond donors (Lipinski definition) is 2. The molecule has 150 valence electrons. The first-order valence-corrected chi connectivity index (χ1v) is 10.3. The molecular formula is C17H14BrF3N2O4S. The second-order valence-corrected chi connectivity index (χ2v) is 8.56. The van der Waals surface area contributed by atoms with Crippen LogP contribution in [0.4, 0.5) is 18.9 Å². The Morgan fingerprint density at radius 2 is 1.86 bits per heavy atom. The van der Waals surface area contributed by atoms with Crippen molar-refractivity contribution in [1.82, 2.24) is 4.72 Å². The first-order chi connectivity index (χ1) is 13.2. The van der Waals surface area contributed by atoms with E-state index < -0.39 is 44.3 Å². The topological polar surface area (TPSA) is 84.5 Å². The second-order valence-electron chi connectivity index (χ2n) is 6.03. The smallest absolute Gasteiger partial charge is 0.256 e. The van der Waals surface area contributed by atoms with Gasteiger partial charge in [0.05, 0.1) is 12.2 Å². The fourth-order valence-electron chi connectivity index (χ4n) is 2.59. The minimum Gasteiger partial charge on any atom is -0.380 e. The molecule has 0 saturated carbocycles. The van der Waals surface area contributed by atoms with Crippen molar-refractivity contribution >= 4 is 37.5 Å². The van der Waals surface area contributed by atoms with E-state index in [2.05, 4.69) is 26.0 Å². The number of nitrogens with one attached hydrogen (secondary N) is 2. The minimum absolute atomic E-state index is 0.00627. The summed E-state index contributed by atoms with van der Waals surface area (Å²) in [6.07, 6.45) is 0.445. The van der Waals surface area contributed by atoms with Crippen molar-refractivity contribution in [2.24, 2.45) is 0 Å². The molecule has 28 heavy (non-hydrogen) atoms. The molecular weight excluding hydrogens is 465 g/mol. The summed E-state index contributed by atoms with van der Waals surface area (Å²) in [5.74, 6) is -4.14. The van der Waals surface area contributed by atoms with E-state index in [1.54, 1.807) is 0 Å². The summed E-state index contributed by atoms with van der Waals surface area (Å²) in [5, 5.41) is 2.31. The van der Waals surface area contributed by atoms with Crippen molar-refractivity contribution in [3.63, 3.8) is 0 Å². The summed E-state index contributed by atoms with van der Waals surface area (Å²) in [6, 6.07) is 3.95. The maximum Gasteiger partial charge on any atom is 0.256 e. The van der Waals surface area contributed by atoms with Crippen LogP contribution >= 0.6 is 15.9 Å². The van der Waals surface area contributed by atoms with Gasteiger partial charge in [-0.1, -0.05) is 0 Å². The van der Waals surface area contributed by atoms with E-state index in [9.17, 15) is 26.4 Å². The van der Waals surface area contributed by atoms with Crippen molar-refractivity contribution in [2.75, 3.05) is 18.5 Å². The average Bonchev–Trinajstić information content (AvgIpc) is 3.10. The number of sulfonamides is 1. The summed E-state index contributed by atoms with van der Waals surface area (Å²) in [6.45, 7) is 0.554. The number of anilines is 1. The Bertz CT molecular complexity index is 1030. The molecule has 1 amide bonds. The first-order valence-electron chi connectivity index (χ1n) is 8.03. The molecule has 0 bridgehead atoms. The van der Waals surface area contributed by atoms with Crippen LogP contribution in [0.5, 0.6) is 0 Å². The van der Waals surface area contributed by atoms with Gasteiger partial charge in [-0.05, 0) is 46.6 Å². The molecule has 0 spiro atoms. The summed E-state index contributed by atoms with van der Waals surface area (Å²) in [4.78, 5) is 11.7. The molecule has 1 saturated heterocycles. The SMILES string of the molecule is O=C(Nc1ccc(F)c(F)c1)c1cc(S(=O)(=O)N[C@H]2CCOC2)c(F)cc1Br. The van der Waals surface area contributed by atoms with Crippen molar-refractivity contribution in [1.29, 1.82) is 0 Å². The number of carbonyl (C=O) groups is 1. The van der Waals surface area contributed by atoms with Gasteiger partial charge in [0.15, 0.2) is 11.6 Å². The lowest BCUT2D eigenvalue weighted by atomic mass is 10.2. The van der Waals surface area contributed by atoms with E-state index >= 15 is 0 Å². The van der Waals surface area contributed by atoms with Gasteiger partial charge in [-0.3, -0.25) is 4.79 Å². The van der Waals surface area contributed by atoms with Crippen LogP contribution in [0.1, 0.15) is 16.8 Å². The molecule has 1 aliphatic heterocycles. The highest BCUT2D eigenvalue weighted by Crippen LogP contribution is 2.26. The molecule has 11 heteroatoms. The Morgan fingerprint density at radius 3 is 2.50 bits per heavy atom. The van der Waals surface area contributed by atoms with Crippen LogP contribution < -0.4 is 10.0 Å². The number of halogens is 4. The van der Waals surface area contributed by atoms with Crippen LogP contribution in [0.15, 0.2) is 39.7 Å². The maximum absolute atomic E-state index is 14.3. The number of rotatable bonds is 5. The van der Waals surface area contributed by atoms with Crippen LogP contribution in [0, 0.1) is 17.5 Å². The molecule has 0 unspecified atom stereocenters. The normalized spacial score (nSPS) is 16.9. The van der Waals surface area contributed by atoms with Gasteiger partial charge in [0.2, 0.25) is 10.0 Å². The van der Waals surface area contributed by atoms with Crippen molar-refractivity contribution in [2.45, 2.75) is 17.4 Å². The largest absolute Gasteiger partial charge is 0.380 e. The van der Waals surface area contributed by atoms with Gasteiger partial charge in [0.25, 0.3) is 5.91 Å². The molecule has 2 N–H and O–H groups in total. The molecule has 3 rings (SSSR count). The van der Waals surface area contributed by atoms with Crippen LogP contribution in [0.25, 0.3) is 0 Å². The van der Waals surface area contributed by atoms with E-state index in [1.165, 1.54) is 0 Å². The molecule has 1 atom stereocenters. The highest BCUT2D eigenvalue weighted by atomic mass is 79.9. The lowest BCUT2D eigenvalue weighted by Crippen LogP contribution is -2.35. The Morgan fingerprint density at radius 1 is 1.11 bits per heavy atom. The Kier molecular flexibility index (Phi) is 6.08. The third-order valence-electron chi connectivity index (χ3n) is 3.98. The van der Waals surface area contributed by atoms with Gasteiger partial charge >= 0.3 is 0 Å². The van der Waals surface area contributed by atoms with Gasteiger partial charge in [-0.2, -0.15) is 0 Å². The monoisotopic (exact) mass is 478 g/mol. The number of ether oxygens (including phenoxy) is 1. The average molecular weight is 479 g/mol. The summed E-state index contributed by atoms with van der Waals surface area (Å²) >= 11 is 3.01. The Balaban J connectivity index is 1.89. The van der Waals surface area contributed by atoms with Gasteiger partial charge in [-0.15, -0.1) is 0 Å². The highest BCUT2D eigenvalue weighted by Gasteiger charge is 2.28. The van der Waals surface area contributed by atoms with Gasteiger partial charge in [0.1, 0.15) is 10.7 Å². The zero-order chi connectivity index (χ0) is 20.5. The lowest BCUT2D eigenvalue weighted by Gasteiger charge is -2.14. The van der Waals surface area contributed by atoms with E-state index in [1.807, 2.05) is 0 Å². The van der Waals surface area contributed by atoms with Crippen LogP contribution in [-0.2, 0) is 14.8 Å². The number of carbonyl (C=O) groups excluding carboxylic acids is 1. The van der Waals surface area contributed by atoms with E-state index in [0.29, 0.717) is 13.0 Å². The molecule has 1 aliphatic rings. The predicted molar refractivity (Wildman–Crippen MR) is 98.0 cm³/mol. The minimum atomic E-state index is -4.25. The molecule has 1 fully saturated rings. The van der Waals surface area contributed by atoms with Crippen LogP contribution in [0.2, 0.25) is 0 Å². The molecule has 2 aromatic carbocycles. The van der Waals surface area contributed by atoms with Crippen molar-refractivity contribution in [3.8, 4) is 0 Å². The fourth-order valence-corrected chi connectivity index (χ4v) is 4.43. The number of benzene rings is 2. The molecule has 1 heterocycles. The van der Waals surface area contributed by atoms with Crippen LogP contribution in [-0.4, -0.2) is 33.6 Å². The van der Waals surface area contributed by atoms with E-state index in [4.69, 9.17) is 4.74 Å². The predicted octanol–water partition coefficient (Wildman–Crippen LogP) is 3.19. The third kappa shape index (κ3) is 4.54. The molecule has 0 aromatic heterocycles. The standard InChI is InChI=1S/C17H14BrF3N2O4S/c18-12-7-15(21)16(28(25,26)23-10-3-4-27-8-10)6-11(12)17(24)22-9-1-2-13(19)14(20)5-9/h1-2,5-7,10,23H,3-4,8H2,(H,22,24)/t10-/m0/s1. The van der Waals surface area contributed by atoms with E-state index in [0.717, 1.165) is 30.3 Å². The summed E-state index contributed by atoms with van der Waals surface area (Å²) < 4.78 is 73.0. The zero-order valence-electron chi connectivity index (χ0n) is 14.1. The summed E-state index contributed by atoms with van der Waals surface area (Å²) in [5.41, 5.74) is -0.250. The molecule has 6 nitrogen and oxygen atoms in total. The number of amides is 1. The molecule has 2 aromatic rings. The highest BCUT2D eigenvalue weighted by molar-refractivity contribution is 9.10. The zero-order valence-corrected chi connectivity index (χ0v) is 16.5. The van der Waals surface area contributed by atoms with E-state index in [-0.39, 0.29) is 22.3 Å². The van der Waals surface area contributed by atoms with Crippen molar-refractivity contribution in [3.05, 3.63) is 57.8 Å². The lowest BCUT2D eigenvalue weighted by molar-refractivity contribution is 0.102. The third-order valence-corrected chi connectivity index (χ3v) is 6.18. The first kappa shape index (κ1) is 20.8. The fraction of sp³-hybridized carbons (Fsp3) is 0.235. The van der Waals surface area contributed by atoms with Gasteiger partial charge in [0, 0.05) is 28.9 Å². The second kappa shape index (κ2) is 8.19.